The predicted molar refractivity (Wildman–Crippen MR) is 91.8 cm³/mol. The fourth-order valence-electron chi connectivity index (χ4n) is 3.29. The topological polar surface area (TPSA) is 38.8 Å². The van der Waals surface area contributed by atoms with E-state index in [-0.39, 0.29) is 17.6 Å². The first-order valence-corrected chi connectivity index (χ1v) is 8.67. The Morgan fingerprint density at radius 1 is 1.42 bits per heavy atom. The summed E-state index contributed by atoms with van der Waals surface area (Å²) in [6.45, 7) is 9.83. The molecule has 1 aliphatic rings. The van der Waals surface area contributed by atoms with Crippen molar-refractivity contribution in [3.63, 3.8) is 0 Å². The third-order valence-electron chi connectivity index (χ3n) is 4.59. The lowest BCUT2D eigenvalue weighted by molar-refractivity contribution is -0.149. The molecule has 0 spiro atoms. The molecular formula is C19H28FNO3. The molecule has 1 fully saturated rings. The molecule has 1 aliphatic heterocycles. The fourth-order valence-corrected chi connectivity index (χ4v) is 3.29. The number of carbonyl (C=O) groups excluding carboxylic acids is 1. The predicted octanol–water partition coefficient (Wildman–Crippen LogP) is 3.90. The number of rotatable bonds is 6. The maximum atomic E-state index is 14.5. The Labute approximate surface area is 143 Å². The molecule has 4 nitrogen and oxygen atoms in total. The molecule has 1 aromatic rings. The number of likely N-dealkylation sites (tertiary alicyclic amines) is 1. The molecule has 1 saturated heterocycles. The van der Waals surface area contributed by atoms with Crippen molar-refractivity contribution in [1.82, 2.24) is 4.90 Å². The molecule has 1 unspecified atom stereocenters. The van der Waals surface area contributed by atoms with Crippen molar-refractivity contribution in [3.8, 4) is 5.75 Å². The molecule has 0 amide bonds. The summed E-state index contributed by atoms with van der Waals surface area (Å²) in [5.74, 6) is 0.0259. The number of methoxy groups -OCH3 is 1. The van der Waals surface area contributed by atoms with E-state index in [1.165, 1.54) is 13.2 Å². The van der Waals surface area contributed by atoms with Gasteiger partial charge in [0.25, 0.3) is 0 Å². The van der Waals surface area contributed by atoms with Gasteiger partial charge in [-0.25, -0.2) is 9.18 Å². The molecule has 0 aromatic heterocycles. The monoisotopic (exact) mass is 337 g/mol. The van der Waals surface area contributed by atoms with E-state index in [1.807, 2.05) is 19.9 Å². The summed E-state index contributed by atoms with van der Waals surface area (Å²) in [4.78, 5) is 14.7. The van der Waals surface area contributed by atoms with Crippen LogP contribution in [0, 0.1) is 11.7 Å². The van der Waals surface area contributed by atoms with Crippen molar-refractivity contribution in [1.29, 1.82) is 0 Å². The normalized spacial score (nSPS) is 19.5. The van der Waals surface area contributed by atoms with E-state index in [4.69, 9.17) is 9.47 Å². The third kappa shape index (κ3) is 3.89. The Balaban J connectivity index is 2.53. The van der Waals surface area contributed by atoms with Gasteiger partial charge in [-0.15, -0.1) is 0 Å². The highest BCUT2D eigenvalue weighted by molar-refractivity contribution is 5.79. The van der Waals surface area contributed by atoms with Gasteiger partial charge < -0.3 is 9.47 Å². The van der Waals surface area contributed by atoms with Crippen molar-refractivity contribution >= 4 is 5.97 Å². The summed E-state index contributed by atoms with van der Waals surface area (Å²) in [6.07, 6.45) is 1.02. The smallest absolute Gasteiger partial charge is 0.328 e. The van der Waals surface area contributed by atoms with Crippen molar-refractivity contribution < 1.29 is 18.7 Å². The average Bonchev–Trinajstić information content (AvgIpc) is 2.93. The highest BCUT2D eigenvalue weighted by Gasteiger charge is 2.36. The van der Waals surface area contributed by atoms with E-state index >= 15 is 0 Å². The average molecular weight is 337 g/mol. The standard InChI is InChI=1S/C19H28FNO3/c1-6-24-19(22)17(21-8-7-13(4)11-21)15-9-14(12(2)3)10-16(20)18(15)23-5/h9-10,12-13,17H,6-8,11H2,1-5H3/t13-,17?/m1/s1. The molecular weight excluding hydrogens is 309 g/mol. The van der Waals surface area contributed by atoms with Crippen LogP contribution in [0.3, 0.4) is 0 Å². The van der Waals surface area contributed by atoms with Crippen LogP contribution in [-0.2, 0) is 9.53 Å². The van der Waals surface area contributed by atoms with E-state index in [9.17, 15) is 9.18 Å². The van der Waals surface area contributed by atoms with Crippen LogP contribution in [0.5, 0.6) is 5.75 Å². The SMILES string of the molecule is CCOC(=O)C(c1cc(C(C)C)cc(F)c1OC)N1CC[C@@H](C)C1. The van der Waals surface area contributed by atoms with Crippen LogP contribution in [0.1, 0.15) is 57.2 Å². The van der Waals surface area contributed by atoms with E-state index in [0.29, 0.717) is 18.1 Å². The molecule has 2 rings (SSSR count). The zero-order valence-corrected chi connectivity index (χ0v) is 15.3. The number of ether oxygens (including phenoxy) is 2. The Morgan fingerprint density at radius 2 is 2.12 bits per heavy atom. The van der Waals surface area contributed by atoms with Gasteiger partial charge in [0.05, 0.1) is 13.7 Å². The first kappa shape index (κ1) is 18.7. The number of benzene rings is 1. The van der Waals surface area contributed by atoms with Crippen LogP contribution in [-0.4, -0.2) is 37.7 Å². The van der Waals surface area contributed by atoms with Gasteiger partial charge in [0, 0.05) is 12.1 Å². The summed E-state index contributed by atoms with van der Waals surface area (Å²) < 4.78 is 25.1. The number of esters is 1. The van der Waals surface area contributed by atoms with Crippen LogP contribution in [0.4, 0.5) is 4.39 Å². The molecule has 0 aliphatic carbocycles. The number of hydrogen-bond acceptors (Lipinski definition) is 4. The Hall–Kier alpha value is -1.62. The van der Waals surface area contributed by atoms with E-state index in [2.05, 4.69) is 11.8 Å². The van der Waals surface area contributed by atoms with Crippen LogP contribution in [0.2, 0.25) is 0 Å². The largest absolute Gasteiger partial charge is 0.493 e. The summed E-state index contributed by atoms with van der Waals surface area (Å²) in [7, 11) is 1.44. The summed E-state index contributed by atoms with van der Waals surface area (Å²) in [5, 5.41) is 0. The highest BCUT2D eigenvalue weighted by Crippen LogP contribution is 2.37. The van der Waals surface area contributed by atoms with Crippen LogP contribution < -0.4 is 4.74 Å². The Kier molecular flexibility index (Phi) is 6.21. The van der Waals surface area contributed by atoms with Gasteiger partial charge in [-0.05, 0) is 49.4 Å². The maximum absolute atomic E-state index is 14.5. The molecule has 134 valence electrons. The summed E-state index contributed by atoms with van der Waals surface area (Å²) in [6, 6.07) is 2.75. The second-order valence-corrected chi connectivity index (χ2v) is 6.82. The van der Waals surface area contributed by atoms with Gasteiger partial charge in [0.1, 0.15) is 6.04 Å². The second-order valence-electron chi connectivity index (χ2n) is 6.82. The van der Waals surface area contributed by atoms with Crippen LogP contribution >= 0.6 is 0 Å². The molecule has 0 bridgehead atoms. The molecule has 1 heterocycles. The summed E-state index contributed by atoms with van der Waals surface area (Å²) >= 11 is 0. The van der Waals surface area contributed by atoms with Crippen molar-refractivity contribution in [2.24, 2.45) is 5.92 Å². The third-order valence-corrected chi connectivity index (χ3v) is 4.59. The molecule has 1 aromatic carbocycles. The van der Waals surface area contributed by atoms with Gasteiger partial charge in [-0.3, -0.25) is 4.90 Å². The van der Waals surface area contributed by atoms with Gasteiger partial charge >= 0.3 is 5.97 Å². The Morgan fingerprint density at radius 3 is 2.62 bits per heavy atom. The van der Waals surface area contributed by atoms with E-state index in [1.54, 1.807) is 6.92 Å². The molecule has 2 atom stereocenters. The number of halogens is 1. The minimum Gasteiger partial charge on any atom is -0.493 e. The molecule has 5 heteroatoms. The number of hydrogen-bond donors (Lipinski definition) is 0. The first-order valence-electron chi connectivity index (χ1n) is 8.67. The quantitative estimate of drug-likeness (QED) is 0.738. The minimum absolute atomic E-state index is 0.136. The number of nitrogens with zero attached hydrogens (tertiary/aromatic N) is 1. The first-order chi connectivity index (χ1) is 11.4. The lowest BCUT2D eigenvalue weighted by atomic mass is 9.95. The van der Waals surface area contributed by atoms with Gasteiger partial charge in [0.15, 0.2) is 11.6 Å². The lowest BCUT2D eigenvalue weighted by Crippen LogP contribution is -2.34. The van der Waals surface area contributed by atoms with Gasteiger partial charge in [0.2, 0.25) is 0 Å². The van der Waals surface area contributed by atoms with Crippen LogP contribution in [0.15, 0.2) is 12.1 Å². The van der Waals surface area contributed by atoms with E-state index < -0.39 is 11.9 Å². The Bertz CT molecular complexity index is 588. The second kappa shape index (κ2) is 7.97. The zero-order valence-electron chi connectivity index (χ0n) is 15.3. The van der Waals surface area contributed by atoms with Crippen molar-refractivity contribution in [2.45, 2.75) is 46.1 Å². The fraction of sp³-hybridized carbons (Fsp3) is 0.632. The van der Waals surface area contributed by atoms with Crippen molar-refractivity contribution in [2.75, 3.05) is 26.8 Å². The van der Waals surface area contributed by atoms with Gasteiger partial charge in [-0.1, -0.05) is 20.8 Å². The molecule has 0 saturated carbocycles. The minimum atomic E-state index is -0.627. The molecule has 24 heavy (non-hydrogen) atoms. The molecule has 0 N–H and O–H groups in total. The highest BCUT2D eigenvalue weighted by atomic mass is 19.1. The number of carbonyl (C=O) groups is 1. The van der Waals surface area contributed by atoms with E-state index in [0.717, 1.165) is 25.1 Å². The van der Waals surface area contributed by atoms with Gasteiger partial charge in [-0.2, -0.15) is 0 Å². The summed E-state index contributed by atoms with van der Waals surface area (Å²) in [5.41, 5.74) is 1.42. The molecule has 0 radical (unpaired) electrons. The lowest BCUT2D eigenvalue weighted by Gasteiger charge is -2.28. The zero-order chi connectivity index (χ0) is 17.9. The van der Waals surface area contributed by atoms with Crippen LogP contribution in [0.25, 0.3) is 0 Å². The maximum Gasteiger partial charge on any atom is 0.328 e. The van der Waals surface area contributed by atoms with Crippen molar-refractivity contribution in [3.05, 3.63) is 29.1 Å².